The fourth-order valence-corrected chi connectivity index (χ4v) is 3.99. The number of likely N-dealkylation sites (tertiary alicyclic amines) is 1. The SMILES string of the molecule is CCCC1CCN(C(C)CC(C)(C)c2ccc(O)cc2)CC1. The second-order valence-corrected chi connectivity index (χ2v) is 7.75. The van der Waals surface area contributed by atoms with Crippen molar-refractivity contribution in [1.29, 1.82) is 0 Å². The van der Waals surface area contributed by atoms with Gasteiger partial charge in [-0.15, -0.1) is 0 Å². The summed E-state index contributed by atoms with van der Waals surface area (Å²) in [6.07, 6.45) is 6.64. The minimum Gasteiger partial charge on any atom is -0.508 e. The van der Waals surface area contributed by atoms with Gasteiger partial charge in [0, 0.05) is 6.04 Å². The number of hydrogen-bond donors (Lipinski definition) is 1. The van der Waals surface area contributed by atoms with E-state index in [1.807, 2.05) is 0 Å². The number of rotatable bonds is 6. The number of aromatic hydroxyl groups is 1. The molecular weight excluding hydrogens is 270 g/mol. The highest BCUT2D eigenvalue weighted by Gasteiger charge is 2.28. The number of phenols is 1. The van der Waals surface area contributed by atoms with Crippen LogP contribution in [0.25, 0.3) is 0 Å². The minimum atomic E-state index is 0.146. The maximum absolute atomic E-state index is 9.47. The molecule has 1 atom stereocenters. The van der Waals surface area contributed by atoms with E-state index < -0.39 is 0 Å². The van der Waals surface area contributed by atoms with Gasteiger partial charge >= 0.3 is 0 Å². The van der Waals surface area contributed by atoms with Crippen LogP contribution in [-0.4, -0.2) is 29.1 Å². The molecule has 0 aromatic heterocycles. The molecule has 0 bridgehead atoms. The Kier molecular flexibility index (Phi) is 5.91. The number of phenolic OH excluding ortho intramolecular Hbond substituents is 1. The second-order valence-electron chi connectivity index (χ2n) is 7.75. The highest BCUT2D eigenvalue weighted by molar-refractivity contribution is 5.30. The third kappa shape index (κ3) is 4.49. The fourth-order valence-electron chi connectivity index (χ4n) is 3.99. The van der Waals surface area contributed by atoms with Crippen molar-refractivity contribution in [2.45, 2.75) is 71.3 Å². The Morgan fingerprint density at radius 2 is 1.77 bits per heavy atom. The summed E-state index contributed by atoms with van der Waals surface area (Å²) in [5, 5.41) is 9.47. The van der Waals surface area contributed by atoms with Crippen LogP contribution in [-0.2, 0) is 5.41 Å². The first kappa shape index (κ1) is 17.3. The zero-order valence-corrected chi connectivity index (χ0v) is 14.8. The van der Waals surface area contributed by atoms with E-state index in [4.69, 9.17) is 0 Å². The summed E-state index contributed by atoms with van der Waals surface area (Å²) in [6, 6.07) is 8.35. The maximum Gasteiger partial charge on any atom is 0.115 e. The second kappa shape index (κ2) is 7.50. The summed E-state index contributed by atoms with van der Waals surface area (Å²) in [6.45, 7) is 11.8. The van der Waals surface area contributed by atoms with Gasteiger partial charge in [0.15, 0.2) is 0 Å². The zero-order valence-electron chi connectivity index (χ0n) is 14.8. The molecule has 1 aliphatic heterocycles. The summed E-state index contributed by atoms with van der Waals surface area (Å²) < 4.78 is 0. The van der Waals surface area contributed by atoms with Gasteiger partial charge in [0.2, 0.25) is 0 Å². The quantitative estimate of drug-likeness (QED) is 0.803. The molecule has 1 aromatic carbocycles. The van der Waals surface area contributed by atoms with E-state index in [9.17, 15) is 5.11 Å². The van der Waals surface area contributed by atoms with Crippen LogP contribution in [0, 0.1) is 5.92 Å². The van der Waals surface area contributed by atoms with Crippen molar-refractivity contribution >= 4 is 0 Å². The Balaban J connectivity index is 1.90. The first-order valence-corrected chi connectivity index (χ1v) is 8.96. The van der Waals surface area contributed by atoms with E-state index in [1.54, 1.807) is 12.1 Å². The van der Waals surface area contributed by atoms with Gasteiger partial charge in [-0.3, -0.25) is 0 Å². The molecule has 1 aromatic rings. The van der Waals surface area contributed by atoms with Gasteiger partial charge < -0.3 is 10.0 Å². The van der Waals surface area contributed by atoms with Gasteiger partial charge in [-0.2, -0.15) is 0 Å². The summed E-state index contributed by atoms with van der Waals surface area (Å²) in [5.74, 6) is 1.31. The van der Waals surface area contributed by atoms with Crippen molar-refractivity contribution < 1.29 is 5.11 Å². The van der Waals surface area contributed by atoms with Crippen LogP contribution < -0.4 is 0 Å². The molecule has 0 spiro atoms. The maximum atomic E-state index is 9.47. The average molecular weight is 303 g/mol. The molecular formula is C20H33NO. The van der Waals surface area contributed by atoms with Crippen molar-refractivity contribution in [3.05, 3.63) is 29.8 Å². The summed E-state index contributed by atoms with van der Waals surface area (Å²) in [7, 11) is 0. The van der Waals surface area contributed by atoms with E-state index >= 15 is 0 Å². The average Bonchev–Trinajstić information content (AvgIpc) is 2.48. The zero-order chi connectivity index (χ0) is 16.2. The van der Waals surface area contributed by atoms with E-state index in [-0.39, 0.29) is 5.41 Å². The van der Waals surface area contributed by atoms with Gasteiger partial charge in [0.1, 0.15) is 5.75 Å². The van der Waals surface area contributed by atoms with Crippen LogP contribution in [0.1, 0.15) is 65.4 Å². The minimum absolute atomic E-state index is 0.146. The number of benzene rings is 1. The van der Waals surface area contributed by atoms with Crippen LogP contribution in [0.3, 0.4) is 0 Å². The van der Waals surface area contributed by atoms with Crippen molar-refractivity contribution in [2.75, 3.05) is 13.1 Å². The van der Waals surface area contributed by atoms with Gasteiger partial charge in [0.25, 0.3) is 0 Å². The highest BCUT2D eigenvalue weighted by atomic mass is 16.3. The predicted octanol–water partition coefficient (Wildman–Crippen LogP) is 4.96. The Morgan fingerprint density at radius 3 is 2.32 bits per heavy atom. The standard InChI is InChI=1S/C20H33NO/c1-5-6-17-11-13-21(14-12-17)16(2)15-20(3,4)18-7-9-19(22)10-8-18/h7-10,16-17,22H,5-6,11-15H2,1-4H3. The van der Waals surface area contributed by atoms with Gasteiger partial charge in [0.05, 0.1) is 0 Å². The lowest BCUT2D eigenvalue weighted by atomic mass is 9.78. The topological polar surface area (TPSA) is 23.5 Å². The van der Waals surface area contributed by atoms with Crippen molar-refractivity contribution in [1.82, 2.24) is 4.90 Å². The molecule has 0 amide bonds. The van der Waals surface area contributed by atoms with Crippen molar-refractivity contribution in [3.8, 4) is 5.75 Å². The Bertz CT molecular complexity index is 443. The lowest BCUT2D eigenvalue weighted by Crippen LogP contribution is -2.42. The van der Waals surface area contributed by atoms with Crippen LogP contribution >= 0.6 is 0 Å². The molecule has 1 N–H and O–H groups in total. The molecule has 1 saturated heterocycles. The smallest absolute Gasteiger partial charge is 0.115 e. The molecule has 1 aliphatic rings. The molecule has 0 radical (unpaired) electrons. The van der Waals surface area contributed by atoms with Gasteiger partial charge in [-0.05, 0) is 68.3 Å². The molecule has 22 heavy (non-hydrogen) atoms. The van der Waals surface area contributed by atoms with Crippen molar-refractivity contribution in [2.24, 2.45) is 5.92 Å². The van der Waals surface area contributed by atoms with E-state index in [0.29, 0.717) is 11.8 Å². The molecule has 2 nitrogen and oxygen atoms in total. The number of hydrogen-bond acceptors (Lipinski definition) is 2. The lowest BCUT2D eigenvalue weighted by Gasteiger charge is -2.39. The molecule has 0 saturated carbocycles. The van der Waals surface area contributed by atoms with Crippen molar-refractivity contribution in [3.63, 3.8) is 0 Å². The molecule has 1 heterocycles. The van der Waals surface area contributed by atoms with Crippen LogP contribution in [0.15, 0.2) is 24.3 Å². The molecule has 1 fully saturated rings. The number of piperidine rings is 1. The monoisotopic (exact) mass is 303 g/mol. The Hall–Kier alpha value is -1.02. The largest absolute Gasteiger partial charge is 0.508 e. The van der Waals surface area contributed by atoms with Crippen LogP contribution in [0.5, 0.6) is 5.75 Å². The van der Waals surface area contributed by atoms with Crippen LogP contribution in [0.2, 0.25) is 0 Å². The molecule has 124 valence electrons. The number of nitrogens with zero attached hydrogens (tertiary/aromatic N) is 1. The van der Waals surface area contributed by atoms with Gasteiger partial charge in [-0.25, -0.2) is 0 Å². The Labute approximate surface area is 136 Å². The fraction of sp³-hybridized carbons (Fsp3) is 0.700. The summed E-state index contributed by atoms with van der Waals surface area (Å²) >= 11 is 0. The third-order valence-corrected chi connectivity index (χ3v) is 5.42. The van der Waals surface area contributed by atoms with Gasteiger partial charge in [-0.1, -0.05) is 45.7 Å². The Morgan fingerprint density at radius 1 is 1.18 bits per heavy atom. The van der Waals surface area contributed by atoms with E-state index in [2.05, 4.69) is 44.7 Å². The third-order valence-electron chi connectivity index (χ3n) is 5.42. The predicted molar refractivity (Wildman–Crippen MR) is 94.4 cm³/mol. The molecule has 0 aliphatic carbocycles. The molecule has 2 rings (SSSR count). The molecule has 1 unspecified atom stereocenters. The lowest BCUT2D eigenvalue weighted by molar-refractivity contribution is 0.119. The van der Waals surface area contributed by atoms with E-state index in [0.717, 1.165) is 12.3 Å². The van der Waals surface area contributed by atoms with Crippen LogP contribution in [0.4, 0.5) is 0 Å². The summed E-state index contributed by atoms with van der Waals surface area (Å²) in [5.41, 5.74) is 1.46. The molecule has 2 heteroatoms. The normalized spacial score (nSPS) is 19.3. The van der Waals surface area contributed by atoms with E-state index in [1.165, 1.54) is 44.3 Å². The first-order valence-electron chi connectivity index (χ1n) is 8.96. The highest BCUT2D eigenvalue weighted by Crippen LogP contribution is 2.32. The summed E-state index contributed by atoms with van der Waals surface area (Å²) in [4.78, 5) is 2.67. The first-order chi connectivity index (χ1) is 10.4.